The van der Waals surface area contributed by atoms with Crippen molar-refractivity contribution in [3.63, 3.8) is 0 Å². The van der Waals surface area contributed by atoms with Crippen molar-refractivity contribution in [2.24, 2.45) is 0 Å². The van der Waals surface area contributed by atoms with Crippen LogP contribution in [0.15, 0.2) is 48.7 Å². The normalized spacial score (nSPS) is 9.74. The summed E-state index contributed by atoms with van der Waals surface area (Å²) in [6.45, 7) is -0.0300. The lowest BCUT2D eigenvalue weighted by Gasteiger charge is -2.07. The first kappa shape index (κ1) is 12.9. The molecule has 0 aliphatic carbocycles. The number of carbonyl (C=O) groups excluding carboxylic acids is 1. The summed E-state index contributed by atoms with van der Waals surface area (Å²) in [6.07, 6.45) is 1.59. The van der Waals surface area contributed by atoms with Gasteiger partial charge in [-0.1, -0.05) is 18.2 Å². The maximum absolute atomic E-state index is 11.7. The fourth-order valence-electron chi connectivity index (χ4n) is 1.48. The van der Waals surface area contributed by atoms with Crippen molar-refractivity contribution in [3.8, 4) is 5.75 Å². The summed E-state index contributed by atoms with van der Waals surface area (Å²) in [4.78, 5) is 15.8. The highest BCUT2D eigenvalue weighted by Crippen LogP contribution is 2.10. The molecule has 1 aromatic heterocycles. The van der Waals surface area contributed by atoms with Gasteiger partial charge in [0.15, 0.2) is 6.61 Å². The van der Waals surface area contributed by atoms with Gasteiger partial charge in [0.1, 0.15) is 11.6 Å². The molecule has 0 bridgehead atoms. The largest absolute Gasteiger partial charge is 0.484 e. The summed E-state index contributed by atoms with van der Waals surface area (Å²) in [6, 6.07) is 12.8. The number of nitrogens with one attached hydrogen (secondary N) is 2. The van der Waals surface area contributed by atoms with Crippen molar-refractivity contribution in [1.29, 1.82) is 0 Å². The van der Waals surface area contributed by atoms with E-state index in [1.54, 1.807) is 37.5 Å². The number of para-hydroxylation sites is 1. The van der Waals surface area contributed by atoms with E-state index in [1.165, 1.54) is 0 Å². The van der Waals surface area contributed by atoms with Crippen LogP contribution in [0, 0.1) is 0 Å². The van der Waals surface area contributed by atoms with E-state index in [1.807, 2.05) is 18.2 Å². The maximum atomic E-state index is 11.7. The van der Waals surface area contributed by atoms with Crippen LogP contribution >= 0.6 is 0 Å². The summed E-state index contributed by atoms with van der Waals surface area (Å²) in [5, 5.41) is 5.61. The van der Waals surface area contributed by atoms with E-state index in [0.29, 0.717) is 11.4 Å². The molecular formula is C14H15N3O2. The zero-order valence-corrected chi connectivity index (χ0v) is 10.6. The Morgan fingerprint density at radius 1 is 1.21 bits per heavy atom. The van der Waals surface area contributed by atoms with Gasteiger partial charge in [0.2, 0.25) is 0 Å². The van der Waals surface area contributed by atoms with Crippen molar-refractivity contribution >= 4 is 17.4 Å². The second kappa shape index (κ2) is 6.39. The Morgan fingerprint density at radius 2 is 2.00 bits per heavy atom. The highest BCUT2D eigenvalue weighted by atomic mass is 16.5. The zero-order valence-electron chi connectivity index (χ0n) is 10.6. The number of hydrogen-bond donors (Lipinski definition) is 2. The van der Waals surface area contributed by atoms with Gasteiger partial charge in [-0.3, -0.25) is 4.79 Å². The molecule has 0 aliphatic rings. The number of carbonyl (C=O) groups is 1. The molecule has 2 aromatic rings. The predicted octanol–water partition coefficient (Wildman–Crippen LogP) is 2.14. The fraction of sp³-hybridized carbons (Fsp3) is 0.143. The van der Waals surface area contributed by atoms with Gasteiger partial charge in [-0.2, -0.15) is 0 Å². The maximum Gasteiger partial charge on any atom is 0.262 e. The molecular weight excluding hydrogens is 242 g/mol. The van der Waals surface area contributed by atoms with Crippen LogP contribution in [0.5, 0.6) is 5.75 Å². The van der Waals surface area contributed by atoms with Gasteiger partial charge in [0, 0.05) is 7.05 Å². The molecule has 5 nitrogen and oxygen atoms in total. The van der Waals surface area contributed by atoms with Crippen molar-refractivity contribution < 1.29 is 9.53 Å². The van der Waals surface area contributed by atoms with Gasteiger partial charge in [-0.05, 0) is 24.3 Å². The van der Waals surface area contributed by atoms with E-state index >= 15 is 0 Å². The zero-order chi connectivity index (χ0) is 13.5. The molecule has 0 unspecified atom stereocenters. The second-order valence-electron chi connectivity index (χ2n) is 3.83. The summed E-state index contributed by atoms with van der Waals surface area (Å²) in [7, 11) is 1.79. The number of benzene rings is 1. The van der Waals surface area contributed by atoms with Crippen molar-refractivity contribution in [2.45, 2.75) is 0 Å². The van der Waals surface area contributed by atoms with Crippen LogP contribution in [0.1, 0.15) is 0 Å². The van der Waals surface area contributed by atoms with E-state index < -0.39 is 0 Å². The minimum absolute atomic E-state index is 0.0300. The fourth-order valence-corrected chi connectivity index (χ4v) is 1.48. The lowest BCUT2D eigenvalue weighted by atomic mass is 10.3. The number of aromatic nitrogens is 1. The Balaban J connectivity index is 1.83. The number of ether oxygens (including phenoxy) is 1. The third-order valence-corrected chi connectivity index (χ3v) is 2.42. The molecule has 2 N–H and O–H groups in total. The molecule has 98 valence electrons. The molecule has 1 heterocycles. The third-order valence-electron chi connectivity index (χ3n) is 2.42. The van der Waals surface area contributed by atoms with E-state index in [-0.39, 0.29) is 12.5 Å². The van der Waals surface area contributed by atoms with E-state index in [0.717, 1.165) is 5.82 Å². The molecule has 19 heavy (non-hydrogen) atoms. The number of amides is 1. The first-order valence-corrected chi connectivity index (χ1v) is 5.89. The first-order valence-electron chi connectivity index (χ1n) is 5.89. The molecule has 5 heteroatoms. The smallest absolute Gasteiger partial charge is 0.262 e. The van der Waals surface area contributed by atoms with Crippen molar-refractivity contribution in [1.82, 2.24) is 4.98 Å². The lowest BCUT2D eigenvalue weighted by Crippen LogP contribution is -2.20. The molecule has 0 atom stereocenters. The average molecular weight is 257 g/mol. The second-order valence-corrected chi connectivity index (χ2v) is 3.83. The number of nitrogens with zero attached hydrogens (tertiary/aromatic N) is 1. The summed E-state index contributed by atoms with van der Waals surface area (Å²) < 4.78 is 5.34. The topological polar surface area (TPSA) is 63.2 Å². The minimum atomic E-state index is -0.220. The number of anilines is 2. The monoisotopic (exact) mass is 257 g/mol. The van der Waals surface area contributed by atoms with Gasteiger partial charge in [-0.15, -0.1) is 0 Å². The first-order chi connectivity index (χ1) is 9.28. The SMILES string of the molecule is CNc1ccc(NC(=O)COc2ccccc2)cn1. The van der Waals surface area contributed by atoms with Gasteiger partial charge in [0.05, 0.1) is 11.9 Å². The summed E-state index contributed by atoms with van der Waals surface area (Å²) in [5.41, 5.74) is 0.640. The Labute approximate surface area is 111 Å². The Morgan fingerprint density at radius 3 is 2.63 bits per heavy atom. The minimum Gasteiger partial charge on any atom is -0.484 e. The van der Waals surface area contributed by atoms with E-state index in [4.69, 9.17) is 4.74 Å². The standard InChI is InChI=1S/C14H15N3O2/c1-15-13-8-7-11(9-16-13)17-14(18)10-19-12-5-3-2-4-6-12/h2-9H,10H2,1H3,(H,15,16)(H,17,18). The van der Waals surface area contributed by atoms with Crippen LogP contribution in [0.4, 0.5) is 11.5 Å². The van der Waals surface area contributed by atoms with E-state index in [2.05, 4.69) is 15.6 Å². The molecule has 0 saturated heterocycles. The van der Waals surface area contributed by atoms with Crippen molar-refractivity contribution in [3.05, 3.63) is 48.7 Å². The van der Waals surface area contributed by atoms with Gasteiger partial charge < -0.3 is 15.4 Å². The van der Waals surface area contributed by atoms with E-state index in [9.17, 15) is 4.79 Å². The van der Waals surface area contributed by atoms with Crippen LogP contribution < -0.4 is 15.4 Å². The molecule has 1 aromatic carbocycles. The number of hydrogen-bond acceptors (Lipinski definition) is 4. The third kappa shape index (κ3) is 3.99. The van der Waals surface area contributed by atoms with Crippen LogP contribution in [-0.2, 0) is 4.79 Å². The Hall–Kier alpha value is -2.56. The van der Waals surface area contributed by atoms with Gasteiger partial charge in [0.25, 0.3) is 5.91 Å². The molecule has 0 saturated carbocycles. The van der Waals surface area contributed by atoms with Crippen LogP contribution in [-0.4, -0.2) is 24.5 Å². The Bertz CT molecular complexity index is 526. The summed E-state index contributed by atoms with van der Waals surface area (Å²) in [5.74, 6) is 1.20. The summed E-state index contributed by atoms with van der Waals surface area (Å²) >= 11 is 0. The van der Waals surface area contributed by atoms with Gasteiger partial charge >= 0.3 is 0 Å². The average Bonchev–Trinajstić information content (AvgIpc) is 2.47. The molecule has 0 fully saturated rings. The highest BCUT2D eigenvalue weighted by Gasteiger charge is 2.03. The molecule has 1 amide bonds. The van der Waals surface area contributed by atoms with Crippen LogP contribution in [0.2, 0.25) is 0 Å². The van der Waals surface area contributed by atoms with Crippen LogP contribution in [0.25, 0.3) is 0 Å². The molecule has 0 aliphatic heterocycles. The van der Waals surface area contributed by atoms with Gasteiger partial charge in [-0.25, -0.2) is 4.98 Å². The van der Waals surface area contributed by atoms with Crippen molar-refractivity contribution in [2.75, 3.05) is 24.3 Å². The number of pyridine rings is 1. The Kier molecular flexibility index (Phi) is 4.34. The quantitative estimate of drug-likeness (QED) is 0.861. The lowest BCUT2D eigenvalue weighted by molar-refractivity contribution is -0.118. The molecule has 0 spiro atoms. The molecule has 0 radical (unpaired) electrons. The molecule has 2 rings (SSSR count). The van der Waals surface area contributed by atoms with Crippen LogP contribution in [0.3, 0.4) is 0 Å². The number of rotatable bonds is 5. The highest BCUT2D eigenvalue weighted by molar-refractivity contribution is 5.91. The predicted molar refractivity (Wildman–Crippen MR) is 74.4 cm³/mol.